The summed E-state index contributed by atoms with van der Waals surface area (Å²) in [6.07, 6.45) is 0.0761. The molecule has 0 aliphatic carbocycles. The average molecular weight is 367 g/mol. The van der Waals surface area contributed by atoms with Crippen LogP contribution in [0.5, 0.6) is 0 Å². The van der Waals surface area contributed by atoms with Crippen LogP contribution < -0.4 is 0 Å². The number of ketones is 1. The van der Waals surface area contributed by atoms with Gasteiger partial charge in [-0.2, -0.15) is 0 Å². The van der Waals surface area contributed by atoms with Crippen molar-refractivity contribution in [1.82, 2.24) is 4.90 Å². The van der Waals surface area contributed by atoms with Gasteiger partial charge in [0.15, 0.2) is 5.78 Å². The maximum Gasteiger partial charge on any atom is 0.336 e. The Labute approximate surface area is 157 Å². The van der Waals surface area contributed by atoms with Crippen LogP contribution in [0.4, 0.5) is 0 Å². The number of hydrogen-bond donors (Lipinski definition) is 1. The molecular formula is C21H21NO5. The fourth-order valence-electron chi connectivity index (χ4n) is 3.15. The fourth-order valence-corrected chi connectivity index (χ4v) is 3.15. The summed E-state index contributed by atoms with van der Waals surface area (Å²) in [5.74, 6) is -1.45. The lowest BCUT2D eigenvalue weighted by molar-refractivity contribution is 0.00359. The lowest BCUT2D eigenvalue weighted by Crippen LogP contribution is -2.47. The first kappa shape index (κ1) is 18.8. The number of aromatic carboxylic acids is 1. The molecule has 0 saturated carbocycles. The summed E-state index contributed by atoms with van der Waals surface area (Å²) < 4.78 is 5.36. The molecule has 2 aromatic rings. The van der Waals surface area contributed by atoms with Gasteiger partial charge in [-0.25, -0.2) is 4.79 Å². The molecule has 6 nitrogen and oxygen atoms in total. The second-order valence-corrected chi connectivity index (χ2v) is 6.57. The third-order valence-electron chi connectivity index (χ3n) is 4.65. The zero-order valence-electron chi connectivity index (χ0n) is 15.1. The number of ether oxygens (including phenoxy) is 1. The molecule has 0 bridgehead atoms. The maximum absolute atomic E-state index is 12.6. The summed E-state index contributed by atoms with van der Waals surface area (Å²) in [6, 6.07) is 13.1. The molecule has 1 amide bonds. The van der Waals surface area contributed by atoms with Crippen LogP contribution in [-0.2, 0) is 11.2 Å². The molecule has 1 fully saturated rings. The van der Waals surface area contributed by atoms with Gasteiger partial charge < -0.3 is 14.7 Å². The van der Waals surface area contributed by atoms with Gasteiger partial charge in [0.25, 0.3) is 5.91 Å². The number of rotatable bonds is 5. The first-order chi connectivity index (χ1) is 13.0. The van der Waals surface area contributed by atoms with E-state index in [9.17, 15) is 19.5 Å². The van der Waals surface area contributed by atoms with Crippen molar-refractivity contribution in [1.29, 1.82) is 0 Å². The van der Waals surface area contributed by atoms with E-state index < -0.39 is 5.97 Å². The van der Waals surface area contributed by atoms with Crippen LogP contribution in [0.1, 0.15) is 43.6 Å². The van der Waals surface area contributed by atoms with Gasteiger partial charge in [-0.05, 0) is 30.7 Å². The third-order valence-corrected chi connectivity index (χ3v) is 4.65. The van der Waals surface area contributed by atoms with E-state index in [1.54, 1.807) is 41.3 Å². The molecule has 1 atom stereocenters. The molecule has 0 radical (unpaired) electrons. The van der Waals surface area contributed by atoms with Crippen LogP contribution >= 0.6 is 0 Å². The van der Waals surface area contributed by atoms with Crippen molar-refractivity contribution < 1.29 is 24.2 Å². The van der Waals surface area contributed by atoms with Crippen molar-refractivity contribution in [2.24, 2.45) is 0 Å². The van der Waals surface area contributed by atoms with Gasteiger partial charge >= 0.3 is 5.97 Å². The number of carboxylic acid groups (broad SMARTS) is 1. The van der Waals surface area contributed by atoms with Crippen molar-refractivity contribution in [3.63, 3.8) is 0 Å². The van der Waals surface area contributed by atoms with Crippen LogP contribution in [0.25, 0.3) is 0 Å². The second-order valence-electron chi connectivity index (χ2n) is 6.57. The van der Waals surface area contributed by atoms with Crippen LogP contribution in [-0.4, -0.2) is 53.5 Å². The SMILES string of the molecule is CC1COCCN1C(=O)c1ccc(CC(=O)c2ccccc2C(=O)O)cc1. The Morgan fingerprint density at radius 3 is 2.37 bits per heavy atom. The Morgan fingerprint density at radius 2 is 1.74 bits per heavy atom. The number of morpholine rings is 1. The van der Waals surface area contributed by atoms with Gasteiger partial charge in [0.2, 0.25) is 0 Å². The molecular weight excluding hydrogens is 346 g/mol. The number of Topliss-reactive ketones (excluding diaryl/α,β-unsaturated/α-hetero) is 1. The van der Waals surface area contributed by atoms with Gasteiger partial charge in [0.05, 0.1) is 24.8 Å². The Morgan fingerprint density at radius 1 is 1.07 bits per heavy atom. The number of carboxylic acids is 1. The largest absolute Gasteiger partial charge is 0.478 e. The number of nitrogens with zero attached hydrogens (tertiary/aromatic N) is 1. The molecule has 1 aliphatic heterocycles. The third kappa shape index (κ3) is 4.23. The predicted octanol–water partition coefficient (Wildman–Crippen LogP) is 2.67. The number of benzene rings is 2. The molecule has 1 N–H and O–H groups in total. The molecule has 3 rings (SSSR count). The highest BCUT2D eigenvalue weighted by Crippen LogP contribution is 2.16. The molecule has 1 aliphatic rings. The van der Waals surface area contributed by atoms with Gasteiger partial charge in [-0.1, -0.05) is 30.3 Å². The number of carbonyl (C=O) groups is 3. The zero-order chi connectivity index (χ0) is 19.4. The topological polar surface area (TPSA) is 83.9 Å². The van der Waals surface area contributed by atoms with Crippen molar-refractivity contribution in [2.45, 2.75) is 19.4 Å². The van der Waals surface area contributed by atoms with Crippen LogP contribution in [0, 0.1) is 0 Å². The van der Waals surface area contributed by atoms with Crippen molar-refractivity contribution in [3.05, 3.63) is 70.8 Å². The quantitative estimate of drug-likeness (QED) is 0.822. The fraction of sp³-hybridized carbons (Fsp3) is 0.286. The Bertz CT molecular complexity index is 859. The highest BCUT2D eigenvalue weighted by molar-refractivity contribution is 6.06. The highest BCUT2D eigenvalue weighted by Gasteiger charge is 2.24. The zero-order valence-corrected chi connectivity index (χ0v) is 15.1. The number of hydrogen-bond acceptors (Lipinski definition) is 4. The molecule has 2 aromatic carbocycles. The summed E-state index contributed by atoms with van der Waals surface area (Å²) in [5.41, 5.74) is 1.47. The maximum atomic E-state index is 12.6. The smallest absolute Gasteiger partial charge is 0.336 e. The summed E-state index contributed by atoms with van der Waals surface area (Å²) in [4.78, 5) is 38.2. The van der Waals surface area contributed by atoms with Gasteiger partial charge in [0, 0.05) is 24.1 Å². The minimum atomic E-state index is -1.13. The predicted molar refractivity (Wildman–Crippen MR) is 99.2 cm³/mol. The Balaban J connectivity index is 1.72. The van der Waals surface area contributed by atoms with Crippen LogP contribution in [0.3, 0.4) is 0 Å². The molecule has 0 spiro atoms. The molecule has 1 heterocycles. The molecule has 1 saturated heterocycles. The Hall–Kier alpha value is -2.99. The minimum Gasteiger partial charge on any atom is -0.478 e. The van der Waals surface area contributed by atoms with Crippen LogP contribution in [0.15, 0.2) is 48.5 Å². The van der Waals surface area contributed by atoms with E-state index in [0.29, 0.717) is 25.3 Å². The number of carbonyl (C=O) groups excluding carboxylic acids is 2. The molecule has 27 heavy (non-hydrogen) atoms. The van der Waals surface area contributed by atoms with E-state index in [-0.39, 0.29) is 35.3 Å². The van der Waals surface area contributed by atoms with E-state index in [4.69, 9.17) is 4.74 Å². The van der Waals surface area contributed by atoms with Gasteiger partial charge in [0.1, 0.15) is 0 Å². The average Bonchev–Trinajstić information content (AvgIpc) is 2.68. The van der Waals surface area contributed by atoms with Crippen molar-refractivity contribution in [3.8, 4) is 0 Å². The molecule has 1 unspecified atom stereocenters. The summed E-state index contributed by atoms with van der Waals surface area (Å²) in [7, 11) is 0. The highest BCUT2D eigenvalue weighted by atomic mass is 16.5. The monoisotopic (exact) mass is 367 g/mol. The summed E-state index contributed by atoms with van der Waals surface area (Å²) in [5, 5.41) is 9.22. The van der Waals surface area contributed by atoms with E-state index in [2.05, 4.69) is 0 Å². The van der Waals surface area contributed by atoms with Crippen molar-refractivity contribution in [2.75, 3.05) is 19.8 Å². The van der Waals surface area contributed by atoms with E-state index in [1.807, 2.05) is 6.92 Å². The van der Waals surface area contributed by atoms with Crippen molar-refractivity contribution >= 4 is 17.7 Å². The van der Waals surface area contributed by atoms with E-state index in [1.165, 1.54) is 12.1 Å². The first-order valence-electron chi connectivity index (χ1n) is 8.80. The Kier molecular flexibility index (Phi) is 5.66. The molecule has 6 heteroatoms. The summed E-state index contributed by atoms with van der Waals surface area (Å²) >= 11 is 0. The van der Waals surface area contributed by atoms with Crippen LogP contribution in [0.2, 0.25) is 0 Å². The second kappa shape index (κ2) is 8.14. The molecule has 140 valence electrons. The summed E-state index contributed by atoms with van der Waals surface area (Å²) in [6.45, 7) is 3.57. The lowest BCUT2D eigenvalue weighted by atomic mass is 9.98. The normalized spacial score (nSPS) is 16.8. The first-order valence-corrected chi connectivity index (χ1v) is 8.80. The van der Waals surface area contributed by atoms with E-state index in [0.717, 1.165) is 5.56 Å². The van der Waals surface area contributed by atoms with E-state index >= 15 is 0 Å². The minimum absolute atomic E-state index is 0.00407. The van der Waals surface area contributed by atoms with Gasteiger partial charge in [-0.15, -0.1) is 0 Å². The number of amides is 1. The standard InChI is InChI=1S/C21H21NO5/c1-14-13-27-11-10-22(14)20(24)16-8-6-15(7-9-16)12-19(23)17-4-2-3-5-18(17)21(25)26/h2-9,14H,10-13H2,1H3,(H,25,26). The van der Waals surface area contributed by atoms with Gasteiger partial charge in [-0.3, -0.25) is 9.59 Å². The lowest BCUT2D eigenvalue weighted by Gasteiger charge is -2.33. The molecule has 0 aromatic heterocycles.